The van der Waals surface area contributed by atoms with E-state index in [-0.39, 0.29) is 0 Å². The molecule has 0 radical (unpaired) electrons. The van der Waals surface area contributed by atoms with E-state index in [2.05, 4.69) is 9.47 Å². The molecular formula is C14H10F4O4. The van der Waals surface area contributed by atoms with Gasteiger partial charge in [-0.15, -0.1) is 0 Å². The zero-order valence-corrected chi connectivity index (χ0v) is 11.5. The van der Waals surface area contributed by atoms with Gasteiger partial charge in [-0.3, -0.25) is 0 Å². The Bertz CT molecular complexity index is 663. The van der Waals surface area contributed by atoms with Gasteiger partial charge in [0.25, 0.3) is 0 Å². The molecule has 1 atom stereocenters. The van der Waals surface area contributed by atoms with E-state index in [9.17, 15) is 27.2 Å². The van der Waals surface area contributed by atoms with E-state index in [1.165, 1.54) is 0 Å². The number of fused-ring (bicyclic) bond motifs is 1. The summed E-state index contributed by atoms with van der Waals surface area (Å²) in [6.45, 7) is 0. The van der Waals surface area contributed by atoms with Gasteiger partial charge < -0.3 is 9.47 Å². The summed E-state index contributed by atoms with van der Waals surface area (Å²) in [6.07, 6.45) is -2.89. The summed E-state index contributed by atoms with van der Waals surface area (Å²) >= 11 is 0. The predicted molar refractivity (Wildman–Crippen MR) is 66.1 cm³/mol. The molecule has 0 aromatic heterocycles. The van der Waals surface area contributed by atoms with Crippen LogP contribution in [0, 0.1) is 5.82 Å². The maximum absolute atomic E-state index is 14.2. The van der Waals surface area contributed by atoms with E-state index in [4.69, 9.17) is 0 Å². The molecule has 0 saturated carbocycles. The first-order valence-electron chi connectivity index (χ1n) is 5.98. The zero-order chi connectivity index (χ0) is 16.7. The Morgan fingerprint density at radius 3 is 2.18 bits per heavy atom. The van der Waals surface area contributed by atoms with Crippen molar-refractivity contribution in [3.05, 3.63) is 40.7 Å². The van der Waals surface area contributed by atoms with Crippen LogP contribution in [0.1, 0.15) is 17.3 Å². The van der Waals surface area contributed by atoms with Crippen LogP contribution in [-0.4, -0.2) is 32.1 Å². The van der Waals surface area contributed by atoms with Crippen LogP contribution in [0.15, 0.2) is 23.8 Å². The number of esters is 2. The van der Waals surface area contributed by atoms with Gasteiger partial charge in [-0.05, 0) is 17.7 Å². The number of allylic oxidation sites excluding steroid dienone is 1. The third-order valence-electron chi connectivity index (χ3n) is 3.24. The molecule has 0 N–H and O–H groups in total. The van der Waals surface area contributed by atoms with Crippen molar-refractivity contribution in [2.45, 2.75) is 12.1 Å². The second-order valence-electron chi connectivity index (χ2n) is 4.45. The van der Waals surface area contributed by atoms with Crippen LogP contribution in [-0.2, 0) is 19.1 Å². The molecule has 0 fully saturated rings. The Labute approximate surface area is 122 Å². The van der Waals surface area contributed by atoms with Crippen LogP contribution < -0.4 is 0 Å². The molecule has 4 nitrogen and oxygen atoms in total. The highest BCUT2D eigenvalue weighted by molar-refractivity contribution is 6.21. The van der Waals surface area contributed by atoms with Crippen molar-refractivity contribution in [3.8, 4) is 0 Å². The maximum atomic E-state index is 14.2. The van der Waals surface area contributed by atoms with E-state index in [1.807, 2.05) is 0 Å². The van der Waals surface area contributed by atoms with Gasteiger partial charge in [0.2, 0.25) is 0 Å². The minimum Gasteiger partial charge on any atom is -0.465 e. The minimum absolute atomic E-state index is 0.440. The molecule has 0 bridgehead atoms. The molecule has 22 heavy (non-hydrogen) atoms. The second-order valence-corrected chi connectivity index (χ2v) is 4.45. The maximum Gasteiger partial charge on any atom is 0.345 e. The number of methoxy groups -OCH3 is 2. The summed E-state index contributed by atoms with van der Waals surface area (Å²) in [5.74, 6) is -7.92. The van der Waals surface area contributed by atoms with E-state index < -0.39 is 52.1 Å². The van der Waals surface area contributed by atoms with Crippen LogP contribution >= 0.6 is 0 Å². The Balaban J connectivity index is 2.84. The fourth-order valence-corrected chi connectivity index (χ4v) is 2.27. The van der Waals surface area contributed by atoms with Gasteiger partial charge in [-0.25, -0.2) is 18.4 Å². The normalized spacial score (nSPS) is 18.6. The lowest BCUT2D eigenvalue weighted by atomic mass is 9.99. The fraction of sp³-hybridized carbons (Fsp3) is 0.286. The Morgan fingerprint density at radius 2 is 1.68 bits per heavy atom. The van der Waals surface area contributed by atoms with Gasteiger partial charge in [-0.2, -0.15) is 8.78 Å². The summed E-state index contributed by atoms with van der Waals surface area (Å²) in [5.41, 5.74) is -3.38. The minimum atomic E-state index is -4.20. The number of benzene rings is 1. The molecule has 0 spiro atoms. The third-order valence-corrected chi connectivity index (χ3v) is 3.24. The van der Waals surface area contributed by atoms with Gasteiger partial charge in [0, 0.05) is 5.56 Å². The van der Waals surface area contributed by atoms with Crippen LogP contribution in [0.3, 0.4) is 0 Å². The topological polar surface area (TPSA) is 52.6 Å². The molecule has 1 aliphatic rings. The number of hydrogen-bond acceptors (Lipinski definition) is 4. The summed E-state index contributed by atoms with van der Waals surface area (Å²) in [7, 11) is 1.74. The number of rotatable bonds is 2. The van der Waals surface area contributed by atoms with Crippen molar-refractivity contribution in [1.29, 1.82) is 0 Å². The van der Waals surface area contributed by atoms with E-state index in [1.54, 1.807) is 0 Å². The number of alkyl halides is 3. The molecular weight excluding hydrogens is 308 g/mol. The standard InChI is InChI=1S/C14H10F4O4/c1-21-12(19)9(13(20)22-2)10-7-4-3-6(15)5-8(7)11(16)14(10,17)18/h3-5,11H,1-2H3. The lowest BCUT2D eigenvalue weighted by Gasteiger charge is -2.16. The number of hydrogen-bond donors (Lipinski definition) is 0. The first-order valence-corrected chi connectivity index (χ1v) is 5.98. The number of carbonyl (C=O) groups excluding carboxylic acids is 2. The van der Waals surface area contributed by atoms with Crippen molar-refractivity contribution >= 4 is 17.5 Å². The number of halogens is 4. The first-order chi connectivity index (χ1) is 10.3. The summed E-state index contributed by atoms with van der Waals surface area (Å²) in [5, 5.41) is 0. The Kier molecular flexibility index (Phi) is 3.95. The summed E-state index contributed by atoms with van der Waals surface area (Å²) in [6, 6.07) is 2.28. The Hall–Kier alpha value is -2.38. The molecule has 1 unspecified atom stereocenters. The summed E-state index contributed by atoms with van der Waals surface area (Å²) < 4.78 is 64.1. The highest BCUT2D eigenvalue weighted by Gasteiger charge is 2.56. The zero-order valence-electron chi connectivity index (χ0n) is 11.5. The van der Waals surface area contributed by atoms with Crippen LogP contribution in [0.25, 0.3) is 5.57 Å². The largest absolute Gasteiger partial charge is 0.465 e. The van der Waals surface area contributed by atoms with Crippen molar-refractivity contribution in [2.75, 3.05) is 14.2 Å². The molecule has 118 valence electrons. The molecule has 0 aliphatic heterocycles. The monoisotopic (exact) mass is 318 g/mol. The second kappa shape index (κ2) is 5.43. The molecule has 8 heteroatoms. The molecule has 2 rings (SSSR count). The summed E-state index contributed by atoms with van der Waals surface area (Å²) in [4.78, 5) is 23.3. The van der Waals surface area contributed by atoms with Gasteiger partial charge in [0.15, 0.2) is 11.7 Å². The lowest BCUT2D eigenvalue weighted by Crippen LogP contribution is -2.25. The molecule has 1 aromatic carbocycles. The molecule has 0 heterocycles. The van der Waals surface area contributed by atoms with Crippen molar-refractivity contribution in [2.24, 2.45) is 0 Å². The highest BCUT2D eigenvalue weighted by Crippen LogP contribution is 2.54. The van der Waals surface area contributed by atoms with E-state index in [0.29, 0.717) is 6.07 Å². The van der Waals surface area contributed by atoms with Crippen LogP contribution in [0.4, 0.5) is 17.6 Å². The van der Waals surface area contributed by atoms with Crippen molar-refractivity contribution < 1.29 is 36.6 Å². The highest BCUT2D eigenvalue weighted by atomic mass is 19.3. The average Bonchev–Trinajstić information content (AvgIpc) is 2.68. The smallest absolute Gasteiger partial charge is 0.345 e. The quantitative estimate of drug-likeness (QED) is 0.276. The molecule has 1 aromatic rings. The average molecular weight is 318 g/mol. The third kappa shape index (κ3) is 2.24. The van der Waals surface area contributed by atoms with Gasteiger partial charge >= 0.3 is 17.9 Å². The van der Waals surface area contributed by atoms with Crippen molar-refractivity contribution in [1.82, 2.24) is 0 Å². The SMILES string of the molecule is COC(=O)C(C(=O)OC)=C1c2ccc(F)cc2C(F)C1(F)F. The molecule has 0 amide bonds. The van der Waals surface area contributed by atoms with E-state index >= 15 is 0 Å². The first kappa shape index (κ1) is 16.0. The van der Waals surface area contributed by atoms with E-state index in [0.717, 1.165) is 26.4 Å². The van der Waals surface area contributed by atoms with Crippen LogP contribution in [0.2, 0.25) is 0 Å². The van der Waals surface area contributed by atoms with Gasteiger partial charge in [0.1, 0.15) is 5.82 Å². The molecule has 1 aliphatic carbocycles. The molecule has 0 saturated heterocycles. The number of carbonyl (C=O) groups is 2. The predicted octanol–water partition coefficient (Wildman–Crippen LogP) is 2.58. The van der Waals surface area contributed by atoms with Crippen molar-refractivity contribution in [3.63, 3.8) is 0 Å². The fourth-order valence-electron chi connectivity index (χ4n) is 2.27. The number of ether oxygens (including phenoxy) is 2. The Morgan fingerprint density at radius 1 is 1.14 bits per heavy atom. The van der Waals surface area contributed by atoms with Gasteiger partial charge in [-0.1, -0.05) is 6.07 Å². The lowest BCUT2D eigenvalue weighted by molar-refractivity contribution is -0.144. The van der Waals surface area contributed by atoms with Gasteiger partial charge in [0.05, 0.1) is 19.8 Å². The van der Waals surface area contributed by atoms with Crippen LogP contribution in [0.5, 0.6) is 0 Å².